The number of benzene rings is 1. The average Bonchev–Trinajstić information content (AvgIpc) is 3.01. The zero-order chi connectivity index (χ0) is 14.8. The number of carbonyl (C=O) groups is 1. The fourth-order valence-corrected chi connectivity index (χ4v) is 3.91. The molecule has 1 aliphatic rings. The molecule has 1 heterocycles. The standard InChI is InChI=1S/C16H16ClNO2S/c1-2-20-16(19)12-7-8-13-15(12)18-14(21-13)9-10-3-5-11(17)6-4-10/h3-6,12H,2,7-9H2,1H3. The van der Waals surface area contributed by atoms with Crippen LogP contribution < -0.4 is 0 Å². The van der Waals surface area contributed by atoms with Crippen LogP contribution in [-0.2, 0) is 22.4 Å². The number of carbonyl (C=O) groups excluding carboxylic acids is 1. The van der Waals surface area contributed by atoms with Crippen LogP contribution in [0.5, 0.6) is 0 Å². The summed E-state index contributed by atoms with van der Waals surface area (Å²) in [5, 5.41) is 1.79. The fourth-order valence-electron chi connectivity index (χ4n) is 2.60. The molecule has 3 rings (SSSR count). The molecule has 0 spiro atoms. The van der Waals surface area contributed by atoms with E-state index in [0.29, 0.717) is 6.61 Å². The van der Waals surface area contributed by atoms with Gasteiger partial charge in [-0.2, -0.15) is 0 Å². The number of ether oxygens (including phenoxy) is 1. The molecule has 0 N–H and O–H groups in total. The first-order valence-electron chi connectivity index (χ1n) is 7.07. The molecule has 1 unspecified atom stereocenters. The van der Waals surface area contributed by atoms with E-state index in [9.17, 15) is 4.79 Å². The number of rotatable bonds is 4. The SMILES string of the molecule is CCOC(=O)C1CCc2sc(Cc3ccc(Cl)cc3)nc21. The highest BCUT2D eigenvalue weighted by Gasteiger charge is 2.33. The number of thiazole rings is 1. The number of halogens is 1. The Morgan fingerprint density at radius 2 is 2.19 bits per heavy atom. The Balaban J connectivity index is 1.77. The second-order valence-electron chi connectivity index (χ2n) is 5.06. The van der Waals surface area contributed by atoms with Crippen LogP contribution in [0.15, 0.2) is 24.3 Å². The van der Waals surface area contributed by atoms with Gasteiger partial charge in [-0.25, -0.2) is 4.98 Å². The van der Waals surface area contributed by atoms with E-state index in [1.165, 1.54) is 10.4 Å². The van der Waals surface area contributed by atoms with Crippen LogP contribution in [0.3, 0.4) is 0 Å². The van der Waals surface area contributed by atoms with Crippen molar-refractivity contribution in [2.24, 2.45) is 0 Å². The van der Waals surface area contributed by atoms with Gasteiger partial charge in [-0.3, -0.25) is 4.79 Å². The maximum Gasteiger partial charge on any atom is 0.315 e. The largest absolute Gasteiger partial charge is 0.465 e. The predicted octanol–water partition coefficient (Wildman–Crippen LogP) is 3.98. The van der Waals surface area contributed by atoms with Gasteiger partial charge in [0.2, 0.25) is 0 Å². The average molecular weight is 322 g/mol. The van der Waals surface area contributed by atoms with Gasteiger partial charge in [-0.1, -0.05) is 23.7 Å². The molecule has 0 aliphatic heterocycles. The highest BCUT2D eigenvalue weighted by molar-refractivity contribution is 7.11. The van der Waals surface area contributed by atoms with Crippen LogP contribution in [-0.4, -0.2) is 17.6 Å². The Hall–Kier alpha value is -1.39. The Labute approximate surface area is 132 Å². The summed E-state index contributed by atoms with van der Waals surface area (Å²) in [4.78, 5) is 17.9. The molecule has 3 nitrogen and oxygen atoms in total. The summed E-state index contributed by atoms with van der Waals surface area (Å²) >= 11 is 7.60. The quantitative estimate of drug-likeness (QED) is 0.800. The smallest absolute Gasteiger partial charge is 0.315 e. The third kappa shape index (κ3) is 3.11. The first-order valence-corrected chi connectivity index (χ1v) is 8.26. The second-order valence-corrected chi connectivity index (χ2v) is 6.67. The number of nitrogens with zero attached hydrogens (tertiary/aromatic N) is 1. The van der Waals surface area contributed by atoms with Gasteiger partial charge in [0.15, 0.2) is 0 Å². The fraction of sp³-hybridized carbons (Fsp3) is 0.375. The lowest BCUT2D eigenvalue weighted by Crippen LogP contribution is -2.14. The van der Waals surface area contributed by atoms with Crippen molar-refractivity contribution < 1.29 is 9.53 Å². The van der Waals surface area contributed by atoms with Gasteiger partial charge >= 0.3 is 5.97 Å². The van der Waals surface area contributed by atoms with Crippen molar-refractivity contribution >= 4 is 28.9 Å². The van der Waals surface area contributed by atoms with Crippen LogP contribution in [0.2, 0.25) is 5.02 Å². The number of aryl methyl sites for hydroxylation is 1. The first kappa shape index (κ1) is 14.5. The normalized spacial score (nSPS) is 16.8. The summed E-state index contributed by atoms with van der Waals surface area (Å²) in [5.74, 6) is -0.310. The van der Waals surface area contributed by atoms with Gasteiger partial charge in [0.1, 0.15) is 5.92 Å². The maximum atomic E-state index is 11.9. The summed E-state index contributed by atoms with van der Waals surface area (Å²) in [6.45, 7) is 2.26. The third-order valence-electron chi connectivity index (χ3n) is 3.60. The van der Waals surface area contributed by atoms with Crippen molar-refractivity contribution in [3.63, 3.8) is 0 Å². The molecule has 0 amide bonds. The Kier molecular flexibility index (Phi) is 4.27. The topological polar surface area (TPSA) is 39.2 Å². The molecule has 2 aromatic rings. The van der Waals surface area contributed by atoms with Crippen molar-refractivity contribution in [2.75, 3.05) is 6.61 Å². The van der Waals surface area contributed by atoms with E-state index in [-0.39, 0.29) is 11.9 Å². The molecule has 0 bridgehead atoms. The van der Waals surface area contributed by atoms with Crippen LogP contribution in [0, 0.1) is 0 Å². The molecule has 1 aliphatic carbocycles. The van der Waals surface area contributed by atoms with E-state index >= 15 is 0 Å². The minimum Gasteiger partial charge on any atom is -0.465 e. The summed E-state index contributed by atoms with van der Waals surface area (Å²) in [7, 11) is 0. The molecular formula is C16H16ClNO2S. The zero-order valence-corrected chi connectivity index (χ0v) is 13.3. The summed E-state index contributed by atoms with van der Waals surface area (Å²) in [6.07, 6.45) is 2.54. The van der Waals surface area contributed by atoms with Crippen LogP contribution in [0.1, 0.15) is 40.4 Å². The van der Waals surface area contributed by atoms with Crippen molar-refractivity contribution in [3.05, 3.63) is 50.4 Å². The minimum atomic E-state index is -0.171. The molecule has 1 aromatic carbocycles. The van der Waals surface area contributed by atoms with E-state index in [1.807, 2.05) is 31.2 Å². The zero-order valence-electron chi connectivity index (χ0n) is 11.8. The Morgan fingerprint density at radius 1 is 1.43 bits per heavy atom. The summed E-state index contributed by atoms with van der Waals surface area (Å²) < 4.78 is 5.13. The molecule has 110 valence electrons. The number of hydrogen-bond donors (Lipinski definition) is 0. The van der Waals surface area contributed by atoms with Gasteiger partial charge in [-0.15, -0.1) is 11.3 Å². The molecule has 0 saturated carbocycles. The van der Waals surface area contributed by atoms with Crippen LogP contribution in [0.4, 0.5) is 0 Å². The molecular weight excluding hydrogens is 306 g/mol. The second kappa shape index (κ2) is 6.16. The lowest BCUT2D eigenvalue weighted by Gasteiger charge is -2.07. The van der Waals surface area contributed by atoms with Crippen molar-refractivity contribution in [1.29, 1.82) is 0 Å². The lowest BCUT2D eigenvalue weighted by atomic mass is 10.1. The molecule has 0 fully saturated rings. The number of hydrogen-bond acceptors (Lipinski definition) is 4. The summed E-state index contributed by atoms with van der Waals surface area (Å²) in [5.41, 5.74) is 2.11. The predicted molar refractivity (Wildman–Crippen MR) is 84.1 cm³/mol. The molecule has 1 aromatic heterocycles. The van der Waals surface area contributed by atoms with Gasteiger partial charge in [0.25, 0.3) is 0 Å². The van der Waals surface area contributed by atoms with Crippen molar-refractivity contribution in [2.45, 2.75) is 32.1 Å². The van der Waals surface area contributed by atoms with Crippen molar-refractivity contribution in [3.8, 4) is 0 Å². The number of aromatic nitrogens is 1. The van der Waals surface area contributed by atoms with Crippen LogP contribution >= 0.6 is 22.9 Å². The highest BCUT2D eigenvalue weighted by atomic mass is 35.5. The molecule has 1 atom stereocenters. The molecule has 0 saturated heterocycles. The highest BCUT2D eigenvalue weighted by Crippen LogP contribution is 2.37. The van der Waals surface area contributed by atoms with Gasteiger partial charge in [0.05, 0.1) is 17.3 Å². The first-order chi connectivity index (χ1) is 10.2. The Morgan fingerprint density at radius 3 is 2.90 bits per heavy atom. The van der Waals surface area contributed by atoms with E-state index in [4.69, 9.17) is 16.3 Å². The minimum absolute atomic E-state index is 0.139. The summed E-state index contributed by atoms with van der Waals surface area (Å²) in [6, 6.07) is 7.80. The van der Waals surface area contributed by atoms with E-state index < -0.39 is 0 Å². The van der Waals surface area contributed by atoms with Crippen molar-refractivity contribution in [1.82, 2.24) is 4.98 Å². The van der Waals surface area contributed by atoms with Gasteiger partial charge in [0, 0.05) is 16.3 Å². The van der Waals surface area contributed by atoms with E-state index in [0.717, 1.165) is 35.0 Å². The molecule has 5 heteroatoms. The number of esters is 1. The Bertz CT molecular complexity index is 651. The molecule has 21 heavy (non-hydrogen) atoms. The van der Waals surface area contributed by atoms with E-state index in [1.54, 1.807) is 11.3 Å². The van der Waals surface area contributed by atoms with Gasteiger partial charge in [-0.05, 0) is 37.5 Å². The van der Waals surface area contributed by atoms with E-state index in [2.05, 4.69) is 4.98 Å². The third-order valence-corrected chi connectivity index (χ3v) is 4.98. The van der Waals surface area contributed by atoms with Gasteiger partial charge < -0.3 is 4.74 Å². The lowest BCUT2D eigenvalue weighted by molar-refractivity contribution is -0.145. The molecule has 0 radical (unpaired) electrons. The maximum absolute atomic E-state index is 11.9. The number of fused-ring (bicyclic) bond motifs is 1. The van der Waals surface area contributed by atoms with Crippen LogP contribution in [0.25, 0.3) is 0 Å². The monoisotopic (exact) mass is 321 g/mol.